The minimum atomic E-state index is -3.48. The maximum atomic E-state index is 12.7. The molecule has 0 atom stereocenters. The zero-order valence-electron chi connectivity index (χ0n) is 12.4. The third kappa shape index (κ3) is 3.16. The molecule has 2 aliphatic heterocycles. The van der Waals surface area contributed by atoms with Crippen molar-refractivity contribution in [2.75, 3.05) is 31.3 Å². The highest BCUT2D eigenvalue weighted by Crippen LogP contribution is 2.23. The van der Waals surface area contributed by atoms with Crippen molar-refractivity contribution in [1.82, 2.24) is 9.21 Å². The maximum Gasteiger partial charge on any atom is 0.254 e. The van der Waals surface area contributed by atoms with Crippen LogP contribution in [-0.4, -0.2) is 54.8 Å². The van der Waals surface area contributed by atoms with E-state index >= 15 is 0 Å². The van der Waals surface area contributed by atoms with Crippen molar-refractivity contribution in [1.29, 1.82) is 0 Å². The van der Waals surface area contributed by atoms with Crippen LogP contribution in [0.3, 0.4) is 0 Å². The topological polar surface area (TPSA) is 57.7 Å². The van der Waals surface area contributed by atoms with E-state index < -0.39 is 10.0 Å². The molecule has 0 saturated carbocycles. The standard InChI is InChI=1S/C15H20N2O3S2/c18-15(16-9-10-21-12-16)13-5-4-6-14(11-13)22(19,20)17-7-2-1-3-8-17/h4-6,11H,1-3,7-10,12H2. The van der Waals surface area contributed by atoms with Crippen LogP contribution in [0.1, 0.15) is 29.6 Å². The second-order valence-corrected chi connectivity index (χ2v) is 8.61. The van der Waals surface area contributed by atoms with Crippen molar-refractivity contribution in [3.05, 3.63) is 29.8 Å². The lowest BCUT2D eigenvalue weighted by Crippen LogP contribution is -2.35. The zero-order chi connectivity index (χ0) is 15.6. The first-order valence-corrected chi connectivity index (χ1v) is 10.2. The third-order valence-corrected chi connectivity index (χ3v) is 6.93. The highest BCUT2D eigenvalue weighted by molar-refractivity contribution is 7.99. The van der Waals surface area contributed by atoms with Crippen LogP contribution in [0.4, 0.5) is 0 Å². The summed E-state index contributed by atoms with van der Waals surface area (Å²) in [4.78, 5) is 14.4. The van der Waals surface area contributed by atoms with E-state index in [1.807, 2.05) is 0 Å². The first-order valence-electron chi connectivity index (χ1n) is 7.56. The number of amides is 1. The molecule has 2 aliphatic rings. The van der Waals surface area contributed by atoms with Crippen molar-refractivity contribution >= 4 is 27.7 Å². The molecule has 2 heterocycles. The average Bonchev–Trinajstić information content (AvgIpc) is 3.09. The van der Waals surface area contributed by atoms with Gasteiger partial charge in [0.05, 0.1) is 10.8 Å². The van der Waals surface area contributed by atoms with Crippen molar-refractivity contribution < 1.29 is 13.2 Å². The lowest BCUT2D eigenvalue weighted by atomic mass is 10.2. The van der Waals surface area contributed by atoms with Gasteiger partial charge in [0.15, 0.2) is 0 Å². The number of rotatable bonds is 3. The largest absolute Gasteiger partial charge is 0.329 e. The highest BCUT2D eigenvalue weighted by atomic mass is 32.2. The third-order valence-electron chi connectivity index (χ3n) is 4.07. The maximum absolute atomic E-state index is 12.7. The molecule has 7 heteroatoms. The summed E-state index contributed by atoms with van der Waals surface area (Å²) in [5.74, 6) is 1.54. The molecule has 1 amide bonds. The fourth-order valence-corrected chi connectivity index (χ4v) is 5.31. The predicted molar refractivity (Wildman–Crippen MR) is 87.4 cm³/mol. The molecular weight excluding hydrogens is 320 g/mol. The van der Waals surface area contributed by atoms with E-state index in [2.05, 4.69) is 0 Å². The minimum Gasteiger partial charge on any atom is -0.329 e. The zero-order valence-corrected chi connectivity index (χ0v) is 14.0. The monoisotopic (exact) mass is 340 g/mol. The molecule has 1 aromatic carbocycles. The summed E-state index contributed by atoms with van der Waals surface area (Å²) in [7, 11) is -3.48. The number of hydrogen-bond acceptors (Lipinski definition) is 4. The normalized spacial score (nSPS) is 20.3. The van der Waals surface area contributed by atoms with Gasteiger partial charge in [-0.25, -0.2) is 8.42 Å². The second kappa shape index (κ2) is 6.60. The van der Waals surface area contributed by atoms with E-state index in [4.69, 9.17) is 0 Å². The van der Waals surface area contributed by atoms with E-state index in [9.17, 15) is 13.2 Å². The lowest BCUT2D eigenvalue weighted by Gasteiger charge is -2.26. The fraction of sp³-hybridized carbons (Fsp3) is 0.533. The molecule has 3 rings (SSSR count). The van der Waals surface area contributed by atoms with Crippen LogP contribution in [0.2, 0.25) is 0 Å². The first-order chi connectivity index (χ1) is 10.6. The number of thioether (sulfide) groups is 1. The van der Waals surface area contributed by atoms with E-state index in [1.165, 1.54) is 10.4 Å². The summed E-state index contributed by atoms with van der Waals surface area (Å²) in [5.41, 5.74) is 0.459. The number of benzene rings is 1. The number of carbonyl (C=O) groups is 1. The van der Waals surface area contributed by atoms with Gasteiger partial charge in [0.25, 0.3) is 5.91 Å². The van der Waals surface area contributed by atoms with Crippen LogP contribution in [0.25, 0.3) is 0 Å². The van der Waals surface area contributed by atoms with Crippen LogP contribution in [0.5, 0.6) is 0 Å². The van der Waals surface area contributed by atoms with Gasteiger partial charge in [-0.15, -0.1) is 11.8 Å². The Bertz CT molecular complexity index is 649. The fourth-order valence-electron chi connectivity index (χ4n) is 2.80. The van der Waals surface area contributed by atoms with Gasteiger partial charge in [-0.3, -0.25) is 4.79 Å². The van der Waals surface area contributed by atoms with Crippen molar-refractivity contribution in [2.45, 2.75) is 24.2 Å². The smallest absolute Gasteiger partial charge is 0.254 e. The number of nitrogens with zero attached hydrogens (tertiary/aromatic N) is 2. The van der Waals surface area contributed by atoms with Gasteiger partial charge in [0, 0.05) is 31.0 Å². The molecule has 22 heavy (non-hydrogen) atoms. The van der Waals surface area contributed by atoms with Gasteiger partial charge < -0.3 is 4.90 Å². The van der Waals surface area contributed by atoms with Crippen LogP contribution in [-0.2, 0) is 10.0 Å². The summed E-state index contributed by atoms with van der Waals surface area (Å²) in [6, 6.07) is 6.46. The van der Waals surface area contributed by atoms with Crippen molar-refractivity contribution in [2.24, 2.45) is 0 Å². The van der Waals surface area contributed by atoms with Gasteiger partial charge in [-0.05, 0) is 31.0 Å². The molecule has 0 unspecified atom stereocenters. The Hall–Kier alpha value is -1.05. The van der Waals surface area contributed by atoms with Gasteiger partial charge in [0.2, 0.25) is 10.0 Å². The van der Waals surface area contributed by atoms with Crippen LogP contribution >= 0.6 is 11.8 Å². The summed E-state index contributed by atoms with van der Waals surface area (Å²) in [5, 5.41) is 0. The summed E-state index contributed by atoms with van der Waals surface area (Å²) < 4.78 is 26.9. The number of hydrogen-bond donors (Lipinski definition) is 0. The molecule has 0 bridgehead atoms. The van der Waals surface area contributed by atoms with Crippen LogP contribution in [0, 0.1) is 0 Å². The van der Waals surface area contributed by atoms with E-state index in [0.717, 1.165) is 31.6 Å². The molecule has 1 aromatic rings. The first kappa shape index (κ1) is 15.8. The molecule has 120 valence electrons. The molecule has 0 aromatic heterocycles. The Balaban J connectivity index is 1.85. The Morgan fingerprint density at radius 2 is 1.86 bits per heavy atom. The van der Waals surface area contributed by atoms with Gasteiger partial charge in [-0.1, -0.05) is 12.5 Å². The van der Waals surface area contributed by atoms with E-state index in [1.54, 1.807) is 34.9 Å². The van der Waals surface area contributed by atoms with E-state index in [-0.39, 0.29) is 10.8 Å². The molecule has 0 radical (unpaired) electrons. The molecular formula is C15H20N2O3S2. The number of carbonyl (C=O) groups excluding carboxylic acids is 1. The van der Waals surface area contributed by atoms with Gasteiger partial charge in [0.1, 0.15) is 0 Å². The molecule has 0 spiro atoms. The molecule has 0 N–H and O–H groups in total. The summed E-state index contributed by atoms with van der Waals surface area (Å²) in [6.45, 7) is 1.87. The molecule has 2 fully saturated rings. The Morgan fingerprint density at radius 3 is 2.55 bits per heavy atom. The summed E-state index contributed by atoms with van der Waals surface area (Å²) in [6.07, 6.45) is 2.89. The van der Waals surface area contributed by atoms with Crippen molar-refractivity contribution in [3.63, 3.8) is 0 Å². The number of sulfonamides is 1. The lowest BCUT2D eigenvalue weighted by molar-refractivity contribution is 0.0802. The minimum absolute atomic E-state index is 0.0827. The number of piperidine rings is 1. The van der Waals surface area contributed by atoms with E-state index in [0.29, 0.717) is 24.5 Å². The van der Waals surface area contributed by atoms with Crippen LogP contribution in [0.15, 0.2) is 29.2 Å². The van der Waals surface area contributed by atoms with Gasteiger partial charge >= 0.3 is 0 Å². The van der Waals surface area contributed by atoms with Crippen LogP contribution < -0.4 is 0 Å². The average molecular weight is 340 g/mol. The molecule has 2 saturated heterocycles. The Labute approximate surface area is 135 Å². The van der Waals surface area contributed by atoms with Gasteiger partial charge in [-0.2, -0.15) is 4.31 Å². The highest BCUT2D eigenvalue weighted by Gasteiger charge is 2.27. The Kier molecular flexibility index (Phi) is 4.75. The second-order valence-electron chi connectivity index (χ2n) is 5.60. The van der Waals surface area contributed by atoms with Crippen molar-refractivity contribution in [3.8, 4) is 0 Å². The predicted octanol–water partition coefficient (Wildman–Crippen LogP) is 2.01. The Morgan fingerprint density at radius 1 is 1.09 bits per heavy atom. The summed E-state index contributed by atoms with van der Waals surface area (Å²) >= 11 is 1.72. The molecule has 5 nitrogen and oxygen atoms in total. The molecule has 0 aliphatic carbocycles. The quantitative estimate of drug-likeness (QED) is 0.844. The SMILES string of the molecule is O=C(c1cccc(S(=O)(=O)N2CCCCC2)c1)N1CCSC1.